The van der Waals surface area contributed by atoms with Gasteiger partial charge in [-0.2, -0.15) is 0 Å². The van der Waals surface area contributed by atoms with Crippen molar-refractivity contribution in [2.75, 3.05) is 20.1 Å². The van der Waals surface area contributed by atoms with Gasteiger partial charge in [0.15, 0.2) is 0 Å². The summed E-state index contributed by atoms with van der Waals surface area (Å²) in [4.78, 5) is 33.4. The Labute approximate surface area is 190 Å². The number of aryl methyl sites for hydroxylation is 1. The molecule has 2 aromatic carbocycles. The summed E-state index contributed by atoms with van der Waals surface area (Å²) in [5.41, 5.74) is 4.30. The summed E-state index contributed by atoms with van der Waals surface area (Å²) in [7, 11) is 2.62. The molecule has 4 rings (SSSR count). The zero-order chi connectivity index (χ0) is 22.7. The zero-order valence-electron chi connectivity index (χ0n) is 17.7. The van der Waals surface area contributed by atoms with E-state index in [0.717, 1.165) is 34.7 Å². The molecule has 0 unspecified atom stereocenters. The molecule has 0 aliphatic rings. The topological polar surface area (TPSA) is 78.4 Å². The summed E-state index contributed by atoms with van der Waals surface area (Å²) in [6.45, 7) is 0. The van der Waals surface area contributed by atoms with Crippen LogP contribution in [0.3, 0.4) is 0 Å². The van der Waals surface area contributed by atoms with Gasteiger partial charge in [-0.05, 0) is 41.7 Å². The minimum atomic E-state index is -0.548. The maximum absolute atomic E-state index is 12.4. The van der Waals surface area contributed by atoms with E-state index in [2.05, 4.69) is 22.1 Å². The third kappa shape index (κ3) is 4.14. The van der Waals surface area contributed by atoms with Crippen molar-refractivity contribution in [1.82, 2.24) is 9.97 Å². The minimum absolute atomic E-state index is 0.166. The van der Waals surface area contributed by atoms with Crippen LogP contribution in [-0.2, 0) is 15.9 Å². The van der Waals surface area contributed by atoms with Gasteiger partial charge in [0.25, 0.3) is 0 Å². The van der Waals surface area contributed by atoms with Crippen molar-refractivity contribution >= 4 is 45.3 Å². The first-order valence-corrected chi connectivity index (χ1v) is 10.7. The Bertz CT molecular complexity index is 1320. The number of carbonyl (C=O) groups excluding carboxylic acids is 2. The second-order valence-electron chi connectivity index (χ2n) is 7.26. The second kappa shape index (κ2) is 9.32. The van der Waals surface area contributed by atoms with Gasteiger partial charge < -0.3 is 9.47 Å². The third-order valence-corrected chi connectivity index (χ3v) is 5.56. The van der Waals surface area contributed by atoms with Gasteiger partial charge in [-0.3, -0.25) is 0 Å². The molecular formula is C25H21ClN2O4. The number of carbonyl (C=O) groups is 2. The van der Waals surface area contributed by atoms with Gasteiger partial charge in [0.05, 0.1) is 25.3 Å². The van der Waals surface area contributed by atoms with Crippen LogP contribution in [0.1, 0.15) is 33.0 Å². The van der Waals surface area contributed by atoms with Crippen LogP contribution in [0, 0.1) is 0 Å². The Kier molecular flexibility index (Phi) is 6.32. The number of hydrogen-bond acceptors (Lipinski definition) is 6. The lowest BCUT2D eigenvalue weighted by Crippen LogP contribution is -2.07. The number of halogens is 1. The molecule has 2 heterocycles. The van der Waals surface area contributed by atoms with Crippen molar-refractivity contribution in [3.8, 4) is 11.1 Å². The van der Waals surface area contributed by atoms with E-state index < -0.39 is 11.9 Å². The van der Waals surface area contributed by atoms with Crippen LogP contribution < -0.4 is 0 Å². The molecule has 6 nitrogen and oxygen atoms in total. The molecule has 7 heteroatoms. The first-order chi connectivity index (χ1) is 15.5. The molecule has 0 bridgehead atoms. The van der Waals surface area contributed by atoms with Gasteiger partial charge in [0.1, 0.15) is 11.4 Å². The lowest BCUT2D eigenvalue weighted by atomic mass is 9.97. The standard InChI is InChI=1S/C25H21ClN2O4/c1-31-24(29)20-12-10-17-9-11-18-19(16-7-5-15(6-8-16)4-3-13-26)14-21(25(30)32-2)28-23(18)22(17)27-20/h5-12,14H,3-4,13H2,1-2H3. The molecule has 0 N–H and O–H groups in total. The van der Waals surface area contributed by atoms with Crippen molar-refractivity contribution in [3.63, 3.8) is 0 Å². The van der Waals surface area contributed by atoms with Crippen molar-refractivity contribution in [2.24, 2.45) is 0 Å². The first-order valence-electron chi connectivity index (χ1n) is 10.1. The van der Waals surface area contributed by atoms with Crippen molar-refractivity contribution in [1.29, 1.82) is 0 Å². The average molecular weight is 449 g/mol. The number of methoxy groups -OCH3 is 2. The fourth-order valence-electron chi connectivity index (χ4n) is 3.66. The van der Waals surface area contributed by atoms with Gasteiger partial charge in [-0.15, -0.1) is 11.6 Å². The van der Waals surface area contributed by atoms with Crippen LogP contribution in [0.25, 0.3) is 32.9 Å². The summed E-state index contributed by atoms with van der Waals surface area (Å²) < 4.78 is 9.73. The number of pyridine rings is 2. The third-order valence-electron chi connectivity index (χ3n) is 5.29. The Balaban J connectivity index is 1.96. The molecule has 0 fully saturated rings. The van der Waals surface area contributed by atoms with E-state index in [1.807, 2.05) is 24.3 Å². The van der Waals surface area contributed by atoms with Crippen LogP contribution in [-0.4, -0.2) is 42.0 Å². The van der Waals surface area contributed by atoms with E-state index in [4.69, 9.17) is 21.1 Å². The number of nitrogens with zero attached hydrogens (tertiary/aromatic N) is 2. The van der Waals surface area contributed by atoms with Crippen LogP contribution in [0.4, 0.5) is 0 Å². The Hall–Kier alpha value is -3.51. The molecule has 0 aliphatic carbocycles. The molecular weight excluding hydrogens is 428 g/mol. The molecule has 0 spiro atoms. The largest absolute Gasteiger partial charge is 0.464 e. The monoisotopic (exact) mass is 448 g/mol. The van der Waals surface area contributed by atoms with E-state index in [0.29, 0.717) is 16.9 Å². The van der Waals surface area contributed by atoms with E-state index in [1.165, 1.54) is 19.8 Å². The van der Waals surface area contributed by atoms with Crippen molar-refractivity contribution in [2.45, 2.75) is 12.8 Å². The SMILES string of the molecule is COC(=O)c1ccc2ccc3c(-c4ccc(CCCCl)cc4)cc(C(=O)OC)nc3c2n1. The zero-order valence-corrected chi connectivity index (χ0v) is 18.5. The van der Waals surface area contributed by atoms with Crippen LogP contribution >= 0.6 is 11.6 Å². The highest BCUT2D eigenvalue weighted by molar-refractivity contribution is 6.17. The summed E-state index contributed by atoms with van der Waals surface area (Å²) in [5, 5.41) is 1.61. The number of ether oxygens (including phenoxy) is 2. The summed E-state index contributed by atoms with van der Waals surface area (Å²) in [6, 6.07) is 17.1. The molecule has 162 valence electrons. The average Bonchev–Trinajstić information content (AvgIpc) is 2.85. The molecule has 32 heavy (non-hydrogen) atoms. The molecule has 0 radical (unpaired) electrons. The van der Waals surface area contributed by atoms with E-state index in [9.17, 15) is 9.59 Å². The molecule has 0 aliphatic heterocycles. The minimum Gasteiger partial charge on any atom is -0.464 e. The molecule has 0 atom stereocenters. The number of alkyl halides is 1. The van der Waals surface area contributed by atoms with Gasteiger partial charge in [0, 0.05) is 16.7 Å². The Morgan fingerprint density at radius 3 is 2.19 bits per heavy atom. The number of hydrogen-bond donors (Lipinski definition) is 0. The smallest absolute Gasteiger partial charge is 0.356 e. The maximum atomic E-state index is 12.4. The van der Waals surface area contributed by atoms with Crippen LogP contribution in [0.2, 0.25) is 0 Å². The predicted molar refractivity (Wildman–Crippen MR) is 124 cm³/mol. The number of aromatic nitrogens is 2. The highest BCUT2D eigenvalue weighted by Crippen LogP contribution is 2.33. The van der Waals surface area contributed by atoms with E-state index >= 15 is 0 Å². The normalized spacial score (nSPS) is 11.0. The van der Waals surface area contributed by atoms with Crippen LogP contribution in [0.15, 0.2) is 54.6 Å². The molecule has 0 saturated carbocycles. The Morgan fingerprint density at radius 2 is 1.50 bits per heavy atom. The quantitative estimate of drug-likeness (QED) is 0.229. The van der Waals surface area contributed by atoms with Crippen LogP contribution in [0.5, 0.6) is 0 Å². The fraction of sp³-hybridized carbons (Fsp3) is 0.200. The maximum Gasteiger partial charge on any atom is 0.356 e. The second-order valence-corrected chi connectivity index (χ2v) is 7.64. The van der Waals surface area contributed by atoms with Gasteiger partial charge in [-0.25, -0.2) is 19.6 Å². The van der Waals surface area contributed by atoms with Gasteiger partial charge >= 0.3 is 11.9 Å². The molecule has 4 aromatic rings. The van der Waals surface area contributed by atoms with Gasteiger partial charge in [0.2, 0.25) is 0 Å². The molecule has 2 aromatic heterocycles. The van der Waals surface area contributed by atoms with E-state index in [-0.39, 0.29) is 11.4 Å². The number of esters is 2. The van der Waals surface area contributed by atoms with Gasteiger partial charge in [-0.1, -0.05) is 42.5 Å². The first kappa shape index (κ1) is 21.7. The van der Waals surface area contributed by atoms with Crippen molar-refractivity contribution < 1.29 is 19.1 Å². The lowest BCUT2D eigenvalue weighted by Gasteiger charge is -2.12. The lowest BCUT2D eigenvalue weighted by molar-refractivity contribution is 0.0585. The highest BCUT2D eigenvalue weighted by Gasteiger charge is 2.17. The summed E-state index contributed by atoms with van der Waals surface area (Å²) in [6.07, 6.45) is 1.81. The number of benzene rings is 2. The predicted octanol–water partition coefficient (Wildman–Crippen LogP) is 5.19. The Morgan fingerprint density at radius 1 is 0.844 bits per heavy atom. The molecule has 0 saturated heterocycles. The summed E-state index contributed by atoms with van der Waals surface area (Å²) >= 11 is 5.81. The number of rotatable bonds is 6. The highest BCUT2D eigenvalue weighted by atomic mass is 35.5. The number of fused-ring (bicyclic) bond motifs is 3. The van der Waals surface area contributed by atoms with E-state index in [1.54, 1.807) is 18.2 Å². The molecule has 0 amide bonds. The van der Waals surface area contributed by atoms with Crippen molar-refractivity contribution in [3.05, 3.63) is 71.5 Å². The fourth-order valence-corrected chi connectivity index (χ4v) is 3.79. The summed E-state index contributed by atoms with van der Waals surface area (Å²) in [5.74, 6) is -0.471.